The number of likely N-dealkylation sites (tertiary alicyclic amines) is 1. The third-order valence-electron chi connectivity index (χ3n) is 3.61. The van der Waals surface area contributed by atoms with Crippen LogP contribution in [0.4, 0.5) is 0 Å². The standard InChI is InChI=1S/C15H21NO2/c17-12-14-9-5-11-16(14)15(18)10-4-8-13-6-2-1-3-7-13/h1-3,6-7,14,17H,4-5,8-12H2. The number of hydrogen-bond acceptors (Lipinski definition) is 2. The van der Waals surface area contributed by atoms with Crippen LogP contribution in [0.5, 0.6) is 0 Å². The van der Waals surface area contributed by atoms with Crippen molar-refractivity contribution in [3.8, 4) is 0 Å². The van der Waals surface area contributed by atoms with Crippen LogP contribution in [0.25, 0.3) is 0 Å². The van der Waals surface area contributed by atoms with Gasteiger partial charge in [0.25, 0.3) is 0 Å². The summed E-state index contributed by atoms with van der Waals surface area (Å²) in [6.07, 6.45) is 4.39. The third-order valence-corrected chi connectivity index (χ3v) is 3.61. The normalized spacial score (nSPS) is 19.2. The van der Waals surface area contributed by atoms with Gasteiger partial charge in [0.2, 0.25) is 5.91 Å². The minimum atomic E-state index is 0.0641. The van der Waals surface area contributed by atoms with Gasteiger partial charge in [-0.15, -0.1) is 0 Å². The molecule has 1 saturated heterocycles. The molecule has 0 aliphatic carbocycles. The maximum atomic E-state index is 12.0. The average molecular weight is 247 g/mol. The second kappa shape index (κ2) is 6.55. The first-order valence-corrected chi connectivity index (χ1v) is 6.75. The highest BCUT2D eigenvalue weighted by Crippen LogP contribution is 2.18. The Bertz CT molecular complexity index is 377. The van der Waals surface area contributed by atoms with Crippen molar-refractivity contribution in [2.45, 2.75) is 38.1 Å². The molecule has 1 N–H and O–H groups in total. The number of nitrogens with zero attached hydrogens (tertiary/aromatic N) is 1. The number of benzene rings is 1. The van der Waals surface area contributed by atoms with Crippen LogP contribution < -0.4 is 0 Å². The molecule has 1 aromatic rings. The largest absolute Gasteiger partial charge is 0.394 e. The first kappa shape index (κ1) is 13.1. The maximum Gasteiger partial charge on any atom is 0.222 e. The molecule has 0 radical (unpaired) electrons. The van der Waals surface area contributed by atoms with Crippen LogP contribution in [-0.2, 0) is 11.2 Å². The fraction of sp³-hybridized carbons (Fsp3) is 0.533. The Labute approximate surface area is 108 Å². The van der Waals surface area contributed by atoms with Crippen LogP contribution in [0.15, 0.2) is 30.3 Å². The zero-order valence-electron chi connectivity index (χ0n) is 10.7. The molecule has 98 valence electrons. The second-order valence-electron chi connectivity index (χ2n) is 4.90. The smallest absolute Gasteiger partial charge is 0.222 e. The van der Waals surface area contributed by atoms with Crippen molar-refractivity contribution in [1.29, 1.82) is 0 Å². The fourth-order valence-electron chi connectivity index (χ4n) is 2.59. The molecule has 1 aliphatic heterocycles. The summed E-state index contributed by atoms with van der Waals surface area (Å²) in [4.78, 5) is 13.9. The van der Waals surface area contributed by atoms with Crippen molar-refractivity contribution in [2.24, 2.45) is 0 Å². The zero-order chi connectivity index (χ0) is 12.8. The van der Waals surface area contributed by atoms with Crippen LogP contribution in [0.3, 0.4) is 0 Å². The predicted molar refractivity (Wildman–Crippen MR) is 71.2 cm³/mol. The quantitative estimate of drug-likeness (QED) is 0.864. The van der Waals surface area contributed by atoms with Gasteiger partial charge in [-0.3, -0.25) is 4.79 Å². The highest BCUT2D eigenvalue weighted by molar-refractivity contribution is 5.76. The molecule has 1 unspecified atom stereocenters. The number of rotatable bonds is 5. The van der Waals surface area contributed by atoms with Gasteiger partial charge in [-0.2, -0.15) is 0 Å². The number of aryl methyl sites for hydroxylation is 1. The van der Waals surface area contributed by atoms with Crippen LogP contribution in [0, 0.1) is 0 Å². The Balaban J connectivity index is 1.75. The number of carbonyl (C=O) groups excluding carboxylic acids is 1. The first-order chi connectivity index (χ1) is 8.81. The molecule has 18 heavy (non-hydrogen) atoms. The number of aliphatic hydroxyl groups is 1. The minimum absolute atomic E-state index is 0.0641. The van der Waals surface area contributed by atoms with E-state index in [0.717, 1.165) is 32.2 Å². The SMILES string of the molecule is O=C(CCCc1ccccc1)N1CCCC1CO. The summed E-state index contributed by atoms with van der Waals surface area (Å²) in [7, 11) is 0. The van der Waals surface area contributed by atoms with E-state index >= 15 is 0 Å². The molecule has 1 aromatic carbocycles. The molecule has 1 heterocycles. The Hall–Kier alpha value is -1.35. The van der Waals surface area contributed by atoms with Crippen molar-refractivity contribution in [3.05, 3.63) is 35.9 Å². The maximum absolute atomic E-state index is 12.0. The highest BCUT2D eigenvalue weighted by Gasteiger charge is 2.27. The van der Waals surface area contributed by atoms with E-state index in [1.54, 1.807) is 0 Å². The van der Waals surface area contributed by atoms with Gasteiger partial charge in [-0.25, -0.2) is 0 Å². The molecule has 3 nitrogen and oxygen atoms in total. The summed E-state index contributed by atoms with van der Waals surface area (Å²) < 4.78 is 0. The molecular formula is C15H21NO2. The Morgan fingerprint density at radius 3 is 2.83 bits per heavy atom. The molecule has 0 bridgehead atoms. The molecule has 3 heteroatoms. The van der Waals surface area contributed by atoms with E-state index in [9.17, 15) is 9.90 Å². The van der Waals surface area contributed by atoms with Crippen molar-refractivity contribution in [1.82, 2.24) is 4.90 Å². The lowest BCUT2D eigenvalue weighted by molar-refractivity contribution is -0.132. The van der Waals surface area contributed by atoms with Gasteiger partial charge >= 0.3 is 0 Å². The molecule has 2 rings (SSSR count). The van der Waals surface area contributed by atoms with E-state index in [2.05, 4.69) is 12.1 Å². The molecule has 0 aromatic heterocycles. The average Bonchev–Trinajstić information content (AvgIpc) is 2.88. The van der Waals surface area contributed by atoms with E-state index in [1.165, 1.54) is 5.56 Å². The first-order valence-electron chi connectivity index (χ1n) is 6.75. The molecule has 0 saturated carbocycles. The van der Waals surface area contributed by atoms with Gasteiger partial charge in [0.05, 0.1) is 12.6 Å². The van der Waals surface area contributed by atoms with Gasteiger partial charge < -0.3 is 10.0 Å². The van der Waals surface area contributed by atoms with E-state index < -0.39 is 0 Å². The number of carbonyl (C=O) groups is 1. The zero-order valence-corrected chi connectivity index (χ0v) is 10.7. The fourth-order valence-corrected chi connectivity index (χ4v) is 2.59. The van der Waals surface area contributed by atoms with Gasteiger partial charge in [-0.1, -0.05) is 30.3 Å². The summed E-state index contributed by atoms with van der Waals surface area (Å²) in [6.45, 7) is 0.916. The van der Waals surface area contributed by atoms with Crippen molar-refractivity contribution >= 4 is 5.91 Å². The lowest BCUT2D eigenvalue weighted by atomic mass is 10.1. The number of aliphatic hydroxyl groups excluding tert-OH is 1. The molecule has 0 spiro atoms. The van der Waals surface area contributed by atoms with Crippen LogP contribution in [-0.4, -0.2) is 35.1 Å². The predicted octanol–water partition coefficient (Wildman–Crippen LogP) is 1.99. The molecule has 1 atom stereocenters. The summed E-state index contributed by atoms with van der Waals surface area (Å²) >= 11 is 0. The van der Waals surface area contributed by atoms with E-state index in [4.69, 9.17) is 0 Å². The lowest BCUT2D eigenvalue weighted by Crippen LogP contribution is -2.37. The van der Waals surface area contributed by atoms with E-state index in [-0.39, 0.29) is 18.6 Å². The Morgan fingerprint density at radius 2 is 2.11 bits per heavy atom. The van der Waals surface area contributed by atoms with Gasteiger partial charge in [0, 0.05) is 13.0 Å². The summed E-state index contributed by atoms with van der Waals surface area (Å²) in [5, 5.41) is 9.19. The van der Waals surface area contributed by atoms with Crippen LogP contribution in [0.1, 0.15) is 31.2 Å². The molecular weight excluding hydrogens is 226 g/mol. The van der Waals surface area contributed by atoms with Crippen LogP contribution >= 0.6 is 0 Å². The van der Waals surface area contributed by atoms with Crippen molar-refractivity contribution < 1.29 is 9.90 Å². The second-order valence-corrected chi connectivity index (χ2v) is 4.90. The monoisotopic (exact) mass is 247 g/mol. The summed E-state index contributed by atoms with van der Waals surface area (Å²) in [6, 6.07) is 10.3. The van der Waals surface area contributed by atoms with Crippen molar-refractivity contribution in [3.63, 3.8) is 0 Å². The lowest BCUT2D eigenvalue weighted by Gasteiger charge is -2.22. The minimum Gasteiger partial charge on any atom is -0.394 e. The van der Waals surface area contributed by atoms with E-state index in [0.29, 0.717) is 6.42 Å². The van der Waals surface area contributed by atoms with Gasteiger partial charge in [-0.05, 0) is 31.2 Å². The Kier molecular flexibility index (Phi) is 4.76. The summed E-state index contributed by atoms with van der Waals surface area (Å²) in [5.41, 5.74) is 1.28. The topological polar surface area (TPSA) is 40.5 Å². The van der Waals surface area contributed by atoms with Crippen LogP contribution in [0.2, 0.25) is 0 Å². The molecule has 1 amide bonds. The third kappa shape index (κ3) is 3.33. The van der Waals surface area contributed by atoms with E-state index in [1.807, 2.05) is 23.1 Å². The summed E-state index contributed by atoms with van der Waals surface area (Å²) in [5.74, 6) is 0.197. The van der Waals surface area contributed by atoms with Gasteiger partial charge in [0.1, 0.15) is 0 Å². The molecule has 1 aliphatic rings. The highest BCUT2D eigenvalue weighted by atomic mass is 16.3. The molecule has 1 fully saturated rings. The number of amides is 1. The van der Waals surface area contributed by atoms with Gasteiger partial charge in [0.15, 0.2) is 0 Å². The van der Waals surface area contributed by atoms with Crippen molar-refractivity contribution in [2.75, 3.05) is 13.2 Å². The Morgan fingerprint density at radius 1 is 1.33 bits per heavy atom. The number of hydrogen-bond donors (Lipinski definition) is 1.